The summed E-state index contributed by atoms with van der Waals surface area (Å²) in [6, 6.07) is 9.59. The van der Waals surface area contributed by atoms with Gasteiger partial charge in [0, 0.05) is 11.6 Å². The average Bonchev–Trinajstić information content (AvgIpc) is 2.51. The molecule has 0 aliphatic heterocycles. The fraction of sp³-hybridized carbons (Fsp3) is 0.684. The molecule has 2 rings (SSSR count). The molecule has 21 heavy (non-hydrogen) atoms. The van der Waals surface area contributed by atoms with Gasteiger partial charge in [0.1, 0.15) is 0 Å². The minimum Gasteiger partial charge on any atom is -0.315 e. The topological polar surface area (TPSA) is 15.3 Å². The Balaban J connectivity index is 2.20. The monoisotopic (exact) mass is 288 g/mol. The molecule has 1 aromatic rings. The third-order valence-corrected chi connectivity index (χ3v) is 5.85. The number of hydrogen-bond acceptors (Lipinski definition) is 2. The fourth-order valence-corrected chi connectivity index (χ4v) is 3.94. The molecule has 3 atom stereocenters. The average molecular weight is 288 g/mol. The molecule has 2 nitrogen and oxygen atoms in total. The number of hydrogen-bond donors (Lipinski definition) is 1. The van der Waals surface area contributed by atoms with Crippen molar-refractivity contribution in [3.05, 3.63) is 35.4 Å². The Morgan fingerprint density at radius 1 is 1.33 bits per heavy atom. The normalized spacial score (nSPS) is 22.7. The predicted molar refractivity (Wildman–Crippen MR) is 92.0 cm³/mol. The van der Waals surface area contributed by atoms with Gasteiger partial charge in [-0.3, -0.25) is 0 Å². The Kier molecular flexibility index (Phi) is 5.45. The van der Waals surface area contributed by atoms with E-state index < -0.39 is 0 Å². The first-order valence-corrected chi connectivity index (χ1v) is 8.45. The lowest BCUT2D eigenvalue weighted by molar-refractivity contribution is 0.107. The summed E-state index contributed by atoms with van der Waals surface area (Å²) >= 11 is 0. The van der Waals surface area contributed by atoms with E-state index in [0.717, 1.165) is 0 Å². The van der Waals surface area contributed by atoms with Gasteiger partial charge in [0.05, 0.1) is 0 Å². The van der Waals surface area contributed by atoms with Crippen LogP contribution in [0.2, 0.25) is 0 Å². The minimum atomic E-state index is 0.209. The van der Waals surface area contributed by atoms with Crippen LogP contribution in [0.1, 0.15) is 56.6 Å². The van der Waals surface area contributed by atoms with Crippen molar-refractivity contribution in [2.45, 2.75) is 63.5 Å². The molecule has 0 spiro atoms. The van der Waals surface area contributed by atoms with Gasteiger partial charge in [-0.15, -0.1) is 0 Å². The van der Waals surface area contributed by atoms with Crippen molar-refractivity contribution < 1.29 is 0 Å². The van der Waals surface area contributed by atoms with Crippen LogP contribution in [0.4, 0.5) is 0 Å². The maximum atomic E-state index is 3.61. The molecule has 1 aliphatic carbocycles. The second-order valence-corrected chi connectivity index (χ2v) is 6.97. The molecule has 0 heterocycles. The molecule has 118 valence electrons. The quantitative estimate of drug-likeness (QED) is 0.856. The van der Waals surface area contributed by atoms with Gasteiger partial charge in [-0.25, -0.2) is 0 Å². The lowest BCUT2D eigenvalue weighted by Crippen LogP contribution is -2.56. The SMILES string of the molecule is CCC(C)(C(CC1CCCc2ccccc21)NC)N(C)C. The molecule has 0 bridgehead atoms. The van der Waals surface area contributed by atoms with Crippen LogP contribution in [0, 0.1) is 0 Å². The van der Waals surface area contributed by atoms with E-state index in [9.17, 15) is 0 Å². The second kappa shape index (κ2) is 6.93. The first-order valence-electron chi connectivity index (χ1n) is 8.45. The van der Waals surface area contributed by atoms with Gasteiger partial charge in [-0.2, -0.15) is 0 Å². The van der Waals surface area contributed by atoms with E-state index in [4.69, 9.17) is 0 Å². The van der Waals surface area contributed by atoms with E-state index in [-0.39, 0.29) is 5.54 Å². The Hall–Kier alpha value is -0.860. The molecule has 0 amide bonds. The number of nitrogens with one attached hydrogen (secondary N) is 1. The zero-order valence-corrected chi connectivity index (χ0v) is 14.4. The van der Waals surface area contributed by atoms with Crippen LogP contribution in [0.15, 0.2) is 24.3 Å². The number of nitrogens with zero attached hydrogens (tertiary/aromatic N) is 1. The fourth-order valence-electron chi connectivity index (χ4n) is 3.94. The van der Waals surface area contributed by atoms with Gasteiger partial charge < -0.3 is 10.2 Å². The number of rotatable bonds is 6. The van der Waals surface area contributed by atoms with Crippen molar-refractivity contribution in [2.24, 2.45) is 0 Å². The van der Waals surface area contributed by atoms with Gasteiger partial charge >= 0.3 is 0 Å². The first-order chi connectivity index (χ1) is 10.0. The minimum absolute atomic E-state index is 0.209. The number of fused-ring (bicyclic) bond motifs is 1. The lowest BCUT2D eigenvalue weighted by Gasteiger charge is -2.44. The van der Waals surface area contributed by atoms with Gasteiger partial charge in [0.15, 0.2) is 0 Å². The van der Waals surface area contributed by atoms with Crippen molar-refractivity contribution in [1.82, 2.24) is 10.2 Å². The van der Waals surface area contributed by atoms with Crippen molar-refractivity contribution >= 4 is 0 Å². The highest BCUT2D eigenvalue weighted by Gasteiger charge is 2.36. The van der Waals surface area contributed by atoms with Crippen LogP contribution < -0.4 is 5.32 Å². The van der Waals surface area contributed by atoms with E-state index in [2.05, 4.69) is 69.5 Å². The molecule has 1 aliphatic rings. The summed E-state index contributed by atoms with van der Waals surface area (Å²) in [6.45, 7) is 4.70. The number of aryl methyl sites for hydroxylation is 1. The molecule has 3 unspecified atom stereocenters. The summed E-state index contributed by atoms with van der Waals surface area (Å²) < 4.78 is 0. The van der Waals surface area contributed by atoms with Crippen LogP contribution in [-0.4, -0.2) is 37.6 Å². The highest BCUT2D eigenvalue weighted by atomic mass is 15.2. The van der Waals surface area contributed by atoms with Gasteiger partial charge in [0.2, 0.25) is 0 Å². The second-order valence-electron chi connectivity index (χ2n) is 6.97. The summed E-state index contributed by atoms with van der Waals surface area (Å²) in [5, 5.41) is 3.61. The van der Waals surface area contributed by atoms with E-state index in [0.29, 0.717) is 12.0 Å². The maximum absolute atomic E-state index is 3.61. The van der Waals surface area contributed by atoms with Crippen LogP contribution in [0.5, 0.6) is 0 Å². The van der Waals surface area contributed by atoms with E-state index in [1.54, 1.807) is 11.1 Å². The van der Waals surface area contributed by atoms with Gasteiger partial charge in [0.25, 0.3) is 0 Å². The Labute approximate surface area is 130 Å². The molecule has 0 saturated heterocycles. The Morgan fingerprint density at radius 3 is 2.67 bits per heavy atom. The molecule has 0 radical (unpaired) electrons. The number of benzene rings is 1. The van der Waals surface area contributed by atoms with Crippen molar-refractivity contribution in [1.29, 1.82) is 0 Å². The summed E-state index contributed by atoms with van der Waals surface area (Å²) in [5.41, 5.74) is 3.38. The lowest BCUT2D eigenvalue weighted by atomic mass is 9.75. The van der Waals surface area contributed by atoms with Gasteiger partial charge in [-0.1, -0.05) is 31.2 Å². The number of likely N-dealkylation sites (N-methyl/N-ethyl adjacent to an activating group) is 2. The van der Waals surface area contributed by atoms with E-state index in [1.165, 1.54) is 32.1 Å². The highest BCUT2D eigenvalue weighted by Crippen LogP contribution is 2.37. The largest absolute Gasteiger partial charge is 0.315 e. The van der Waals surface area contributed by atoms with Crippen LogP contribution in [0.25, 0.3) is 0 Å². The smallest absolute Gasteiger partial charge is 0.0325 e. The molecular weight excluding hydrogens is 256 g/mol. The van der Waals surface area contributed by atoms with Crippen molar-refractivity contribution in [3.8, 4) is 0 Å². The standard InChI is InChI=1S/C19H32N2/c1-6-19(2,21(4)5)18(20-3)14-16-12-9-11-15-10-7-8-13-17(15)16/h7-8,10,13,16,18,20H,6,9,11-12,14H2,1-5H3. The molecule has 2 heteroatoms. The van der Waals surface area contributed by atoms with Crippen LogP contribution in [-0.2, 0) is 6.42 Å². The van der Waals surface area contributed by atoms with Crippen molar-refractivity contribution in [3.63, 3.8) is 0 Å². The predicted octanol–water partition coefficient (Wildman–Crippen LogP) is 3.81. The molecule has 0 saturated carbocycles. The summed E-state index contributed by atoms with van der Waals surface area (Å²) in [6.07, 6.45) is 6.33. The summed E-state index contributed by atoms with van der Waals surface area (Å²) in [5.74, 6) is 0.707. The molecule has 1 N–H and O–H groups in total. The zero-order valence-electron chi connectivity index (χ0n) is 14.4. The van der Waals surface area contributed by atoms with E-state index in [1.807, 2.05) is 0 Å². The third-order valence-electron chi connectivity index (χ3n) is 5.85. The van der Waals surface area contributed by atoms with Crippen molar-refractivity contribution in [2.75, 3.05) is 21.1 Å². The van der Waals surface area contributed by atoms with E-state index >= 15 is 0 Å². The molecule has 0 fully saturated rings. The molecule has 1 aromatic carbocycles. The Bertz CT molecular complexity index is 455. The first kappa shape index (κ1) is 16.5. The summed E-state index contributed by atoms with van der Waals surface area (Å²) in [7, 11) is 6.54. The summed E-state index contributed by atoms with van der Waals surface area (Å²) in [4.78, 5) is 2.39. The highest BCUT2D eigenvalue weighted by molar-refractivity contribution is 5.32. The van der Waals surface area contributed by atoms with Crippen LogP contribution in [0.3, 0.4) is 0 Å². The van der Waals surface area contributed by atoms with Crippen LogP contribution >= 0.6 is 0 Å². The molecule has 0 aromatic heterocycles. The Morgan fingerprint density at radius 2 is 2.05 bits per heavy atom. The maximum Gasteiger partial charge on any atom is 0.0325 e. The third kappa shape index (κ3) is 3.32. The zero-order chi connectivity index (χ0) is 15.5. The molecular formula is C19H32N2. The van der Waals surface area contributed by atoms with Gasteiger partial charge in [-0.05, 0) is 77.2 Å².